The lowest BCUT2D eigenvalue weighted by Crippen LogP contribution is -2.03. The summed E-state index contributed by atoms with van der Waals surface area (Å²) in [6.45, 7) is 2.26. The number of carbonyl (C=O) groups is 1. The van der Waals surface area contributed by atoms with E-state index in [1.54, 1.807) is 6.92 Å². The van der Waals surface area contributed by atoms with Crippen molar-refractivity contribution in [3.05, 3.63) is 0 Å². The van der Waals surface area contributed by atoms with Crippen LogP contribution in [0.1, 0.15) is 51.9 Å². The molecule has 0 saturated carbocycles. The van der Waals surface area contributed by atoms with Gasteiger partial charge in [0.05, 0.1) is 6.61 Å². The molecule has 0 bridgehead atoms. The molecule has 0 aliphatic carbocycles. The molecule has 0 rings (SSSR count). The number of unbranched alkanes of at least 4 members (excludes halogenated alkanes) is 4. The molecular formula is C11H22O4. The highest BCUT2D eigenvalue weighted by molar-refractivity contribution is 5.69. The molecule has 0 amide bonds. The van der Waals surface area contributed by atoms with Crippen molar-refractivity contribution in [2.24, 2.45) is 0 Å². The van der Waals surface area contributed by atoms with Gasteiger partial charge in [0, 0.05) is 6.42 Å². The largest absolute Gasteiger partial charge is 0.466 e. The molecule has 0 aliphatic heterocycles. The van der Waals surface area contributed by atoms with Crippen LogP contribution in [-0.2, 0) is 9.53 Å². The van der Waals surface area contributed by atoms with Crippen LogP contribution < -0.4 is 0 Å². The second kappa shape index (κ2) is 9.93. The standard InChI is InChI=1S/C11H22O4/c1-2-15-11(14)9-7-5-3-4-6-8-10(12)13/h10,12-13H,2-9H2,1H3. The van der Waals surface area contributed by atoms with E-state index >= 15 is 0 Å². The smallest absolute Gasteiger partial charge is 0.305 e. The number of esters is 1. The maximum atomic E-state index is 10.9. The van der Waals surface area contributed by atoms with Crippen LogP contribution in [0.4, 0.5) is 0 Å². The lowest BCUT2D eigenvalue weighted by Gasteiger charge is -2.03. The van der Waals surface area contributed by atoms with Gasteiger partial charge in [-0.05, 0) is 26.2 Å². The van der Waals surface area contributed by atoms with Crippen molar-refractivity contribution in [3.8, 4) is 0 Å². The Bertz CT molecular complexity index is 157. The second-order valence-electron chi connectivity index (χ2n) is 3.59. The fraction of sp³-hybridized carbons (Fsp3) is 0.909. The van der Waals surface area contributed by atoms with Gasteiger partial charge in [-0.1, -0.05) is 19.3 Å². The molecule has 0 fully saturated rings. The Balaban J connectivity index is 3.08. The Labute approximate surface area is 91.3 Å². The van der Waals surface area contributed by atoms with E-state index < -0.39 is 6.29 Å². The Morgan fingerprint density at radius 3 is 2.33 bits per heavy atom. The maximum absolute atomic E-state index is 10.9. The average Bonchev–Trinajstić information content (AvgIpc) is 2.16. The van der Waals surface area contributed by atoms with Crippen molar-refractivity contribution >= 4 is 5.97 Å². The molecule has 15 heavy (non-hydrogen) atoms. The van der Waals surface area contributed by atoms with E-state index in [0.29, 0.717) is 19.4 Å². The molecule has 0 spiro atoms. The van der Waals surface area contributed by atoms with Gasteiger partial charge in [-0.2, -0.15) is 0 Å². The van der Waals surface area contributed by atoms with E-state index in [-0.39, 0.29) is 5.97 Å². The minimum Gasteiger partial charge on any atom is -0.466 e. The van der Waals surface area contributed by atoms with Gasteiger partial charge in [0.1, 0.15) is 0 Å². The quantitative estimate of drug-likeness (QED) is 0.350. The lowest BCUT2D eigenvalue weighted by atomic mass is 10.1. The predicted molar refractivity (Wildman–Crippen MR) is 57.2 cm³/mol. The third-order valence-electron chi connectivity index (χ3n) is 2.15. The molecule has 4 heteroatoms. The van der Waals surface area contributed by atoms with E-state index in [9.17, 15) is 4.79 Å². The van der Waals surface area contributed by atoms with Crippen LogP contribution in [0.5, 0.6) is 0 Å². The summed E-state index contributed by atoms with van der Waals surface area (Å²) >= 11 is 0. The minimum absolute atomic E-state index is 0.122. The zero-order valence-electron chi connectivity index (χ0n) is 9.45. The normalized spacial score (nSPS) is 10.7. The van der Waals surface area contributed by atoms with Crippen molar-refractivity contribution < 1.29 is 19.7 Å². The van der Waals surface area contributed by atoms with Gasteiger partial charge in [0.2, 0.25) is 0 Å². The van der Waals surface area contributed by atoms with Crippen molar-refractivity contribution in [1.82, 2.24) is 0 Å². The first-order valence-corrected chi connectivity index (χ1v) is 5.68. The molecule has 0 aromatic carbocycles. The van der Waals surface area contributed by atoms with Crippen molar-refractivity contribution in [2.45, 2.75) is 58.2 Å². The Morgan fingerprint density at radius 2 is 1.73 bits per heavy atom. The number of ether oxygens (including phenoxy) is 1. The van der Waals surface area contributed by atoms with Gasteiger partial charge in [0.25, 0.3) is 0 Å². The highest BCUT2D eigenvalue weighted by Gasteiger charge is 2.01. The first-order chi connectivity index (χ1) is 7.16. The van der Waals surface area contributed by atoms with Crippen LogP contribution in [0.25, 0.3) is 0 Å². The molecule has 90 valence electrons. The highest BCUT2D eigenvalue weighted by atomic mass is 16.5. The van der Waals surface area contributed by atoms with Gasteiger partial charge in [-0.3, -0.25) is 4.79 Å². The molecule has 0 aliphatic rings. The summed E-state index contributed by atoms with van der Waals surface area (Å²) in [5.74, 6) is -0.122. The van der Waals surface area contributed by atoms with Crippen LogP contribution in [0.15, 0.2) is 0 Å². The molecule has 0 saturated heterocycles. The van der Waals surface area contributed by atoms with Crippen molar-refractivity contribution in [1.29, 1.82) is 0 Å². The fourth-order valence-corrected chi connectivity index (χ4v) is 1.36. The van der Waals surface area contributed by atoms with E-state index in [2.05, 4.69) is 0 Å². The third-order valence-corrected chi connectivity index (χ3v) is 2.15. The molecule has 0 aromatic rings. The lowest BCUT2D eigenvalue weighted by molar-refractivity contribution is -0.143. The third kappa shape index (κ3) is 11.3. The number of aliphatic hydroxyl groups excluding tert-OH is 1. The van der Waals surface area contributed by atoms with Gasteiger partial charge >= 0.3 is 5.97 Å². The number of hydrogen-bond donors (Lipinski definition) is 2. The van der Waals surface area contributed by atoms with Crippen LogP contribution >= 0.6 is 0 Å². The first-order valence-electron chi connectivity index (χ1n) is 5.68. The van der Waals surface area contributed by atoms with Crippen molar-refractivity contribution in [3.63, 3.8) is 0 Å². The maximum Gasteiger partial charge on any atom is 0.305 e. The molecule has 2 N–H and O–H groups in total. The first kappa shape index (κ1) is 14.4. The van der Waals surface area contributed by atoms with Crippen LogP contribution in [0, 0.1) is 0 Å². The SMILES string of the molecule is CCOC(=O)CCCCCCCC(O)O. The molecule has 0 radical (unpaired) electrons. The van der Waals surface area contributed by atoms with Gasteiger partial charge in [-0.15, -0.1) is 0 Å². The van der Waals surface area contributed by atoms with Gasteiger partial charge in [-0.25, -0.2) is 0 Å². The monoisotopic (exact) mass is 218 g/mol. The number of hydrogen-bond acceptors (Lipinski definition) is 4. The fourth-order valence-electron chi connectivity index (χ4n) is 1.36. The minimum atomic E-state index is -1.18. The second-order valence-corrected chi connectivity index (χ2v) is 3.59. The van der Waals surface area contributed by atoms with Crippen LogP contribution in [0.2, 0.25) is 0 Å². The van der Waals surface area contributed by atoms with Crippen LogP contribution in [0.3, 0.4) is 0 Å². The van der Waals surface area contributed by atoms with Gasteiger partial charge < -0.3 is 14.9 Å². The molecule has 0 atom stereocenters. The summed E-state index contributed by atoms with van der Waals surface area (Å²) in [4.78, 5) is 10.9. The Hall–Kier alpha value is -0.610. The average molecular weight is 218 g/mol. The Morgan fingerprint density at radius 1 is 1.13 bits per heavy atom. The summed E-state index contributed by atoms with van der Waals surface area (Å²) in [6.07, 6.45) is 4.48. The van der Waals surface area contributed by atoms with Crippen molar-refractivity contribution in [2.75, 3.05) is 6.61 Å². The summed E-state index contributed by atoms with van der Waals surface area (Å²) in [6, 6.07) is 0. The predicted octanol–water partition coefficient (Wildman–Crippen LogP) is 1.59. The Kier molecular flexibility index (Phi) is 9.52. The summed E-state index contributed by atoms with van der Waals surface area (Å²) in [7, 11) is 0. The van der Waals surface area contributed by atoms with E-state index in [1.807, 2.05) is 0 Å². The number of aliphatic hydroxyl groups is 2. The number of rotatable bonds is 9. The summed E-state index contributed by atoms with van der Waals surface area (Å²) in [5, 5.41) is 17.2. The molecule has 0 unspecified atom stereocenters. The number of carbonyl (C=O) groups excluding carboxylic acids is 1. The zero-order valence-corrected chi connectivity index (χ0v) is 9.45. The van der Waals surface area contributed by atoms with E-state index in [0.717, 1.165) is 32.1 Å². The molecule has 4 nitrogen and oxygen atoms in total. The highest BCUT2D eigenvalue weighted by Crippen LogP contribution is 2.08. The topological polar surface area (TPSA) is 66.8 Å². The van der Waals surface area contributed by atoms with E-state index in [1.165, 1.54) is 0 Å². The summed E-state index contributed by atoms with van der Waals surface area (Å²) in [5.41, 5.74) is 0. The van der Waals surface area contributed by atoms with Gasteiger partial charge in [0.15, 0.2) is 6.29 Å². The van der Waals surface area contributed by atoms with E-state index in [4.69, 9.17) is 14.9 Å². The van der Waals surface area contributed by atoms with Crippen LogP contribution in [-0.4, -0.2) is 29.1 Å². The molecule has 0 heterocycles. The zero-order chi connectivity index (χ0) is 11.5. The molecule has 0 aromatic heterocycles. The summed E-state index contributed by atoms with van der Waals surface area (Å²) < 4.78 is 4.80. The molecular weight excluding hydrogens is 196 g/mol.